The van der Waals surface area contributed by atoms with Crippen molar-refractivity contribution in [3.8, 4) is 0 Å². The van der Waals surface area contributed by atoms with Crippen molar-refractivity contribution >= 4 is 38.2 Å². The maximum absolute atomic E-state index is 5.73. The number of nitrogens with two attached hydrogens (primary N) is 1. The summed E-state index contributed by atoms with van der Waals surface area (Å²) in [6, 6.07) is 12.2. The van der Waals surface area contributed by atoms with E-state index >= 15 is 0 Å². The summed E-state index contributed by atoms with van der Waals surface area (Å²) in [5.74, 6) is 5.73. The van der Waals surface area contributed by atoms with Crippen LogP contribution >= 0.6 is 27.3 Å². The first-order chi connectivity index (χ1) is 9.29. The van der Waals surface area contributed by atoms with Crippen LogP contribution in [0, 0.1) is 0 Å². The highest BCUT2D eigenvalue weighted by Gasteiger charge is 2.17. The van der Waals surface area contributed by atoms with Gasteiger partial charge < -0.3 is 0 Å². The molecule has 3 nitrogen and oxygen atoms in total. The molecule has 0 bridgehead atoms. The smallest absolute Gasteiger partial charge is 0.0814 e. The fourth-order valence-corrected chi connectivity index (χ4v) is 3.80. The fraction of sp³-hybridized carbons (Fsp3) is 0.0714. The predicted octanol–water partition coefficient (Wildman–Crippen LogP) is 3.61. The summed E-state index contributed by atoms with van der Waals surface area (Å²) in [6.07, 6.45) is 1.80. The standard InChI is InChI=1S/C14H12BrN3S/c15-11-5-7-19-14(11)13(18-16)10-3-4-12-9(8-10)2-1-6-17-12/h1-8,13,18H,16H2. The molecule has 3 rings (SSSR count). The van der Waals surface area contributed by atoms with Crippen LogP contribution in [0.2, 0.25) is 0 Å². The number of nitrogens with zero attached hydrogens (tertiary/aromatic N) is 1. The van der Waals surface area contributed by atoms with Crippen molar-refractivity contribution < 1.29 is 0 Å². The monoisotopic (exact) mass is 333 g/mol. The number of thiophene rings is 1. The van der Waals surface area contributed by atoms with Gasteiger partial charge in [-0.2, -0.15) is 0 Å². The number of rotatable bonds is 3. The lowest BCUT2D eigenvalue weighted by atomic mass is 10.0. The van der Waals surface area contributed by atoms with E-state index in [2.05, 4.69) is 44.5 Å². The zero-order valence-corrected chi connectivity index (χ0v) is 12.4. The molecule has 1 unspecified atom stereocenters. The van der Waals surface area contributed by atoms with Crippen LogP contribution in [-0.4, -0.2) is 4.98 Å². The van der Waals surface area contributed by atoms with Gasteiger partial charge in [-0.3, -0.25) is 10.8 Å². The molecule has 0 radical (unpaired) electrons. The number of hydrazine groups is 1. The lowest BCUT2D eigenvalue weighted by Gasteiger charge is -2.16. The third-order valence-corrected chi connectivity index (χ3v) is 4.97. The Bertz CT molecular complexity index is 710. The van der Waals surface area contributed by atoms with Gasteiger partial charge in [0, 0.05) is 20.9 Å². The Balaban J connectivity index is 2.09. The molecule has 1 aromatic carbocycles. The van der Waals surface area contributed by atoms with Gasteiger partial charge in [-0.05, 0) is 51.1 Å². The van der Waals surface area contributed by atoms with Gasteiger partial charge in [-0.1, -0.05) is 12.1 Å². The minimum Gasteiger partial charge on any atom is -0.271 e. The van der Waals surface area contributed by atoms with Gasteiger partial charge in [0.25, 0.3) is 0 Å². The molecule has 0 aliphatic heterocycles. The molecule has 0 aliphatic carbocycles. The van der Waals surface area contributed by atoms with Gasteiger partial charge in [0.1, 0.15) is 0 Å². The van der Waals surface area contributed by atoms with E-state index in [1.807, 2.05) is 23.6 Å². The lowest BCUT2D eigenvalue weighted by molar-refractivity contribution is 0.645. The van der Waals surface area contributed by atoms with E-state index in [0.717, 1.165) is 20.9 Å². The van der Waals surface area contributed by atoms with Crippen molar-refractivity contribution in [2.45, 2.75) is 6.04 Å². The van der Waals surface area contributed by atoms with E-state index in [0.29, 0.717) is 0 Å². The zero-order chi connectivity index (χ0) is 13.2. The first kappa shape index (κ1) is 12.7. The number of hydrogen-bond acceptors (Lipinski definition) is 4. The quantitative estimate of drug-likeness (QED) is 0.568. The molecule has 0 amide bonds. The van der Waals surface area contributed by atoms with Gasteiger partial charge in [0.2, 0.25) is 0 Å². The summed E-state index contributed by atoms with van der Waals surface area (Å²) in [5.41, 5.74) is 5.01. The number of aromatic nitrogens is 1. The molecule has 1 atom stereocenters. The van der Waals surface area contributed by atoms with Gasteiger partial charge in [0.05, 0.1) is 11.6 Å². The molecule has 96 valence electrons. The molecule has 2 heterocycles. The molecule has 2 aromatic heterocycles. The summed E-state index contributed by atoms with van der Waals surface area (Å²) >= 11 is 5.23. The Morgan fingerprint density at radius 1 is 1.26 bits per heavy atom. The van der Waals surface area contributed by atoms with E-state index in [1.54, 1.807) is 17.5 Å². The van der Waals surface area contributed by atoms with Crippen LogP contribution in [0.25, 0.3) is 10.9 Å². The first-order valence-electron chi connectivity index (χ1n) is 5.83. The molecule has 0 spiro atoms. The Labute approximate surface area is 123 Å². The highest BCUT2D eigenvalue weighted by molar-refractivity contribution is 9.10. The third-order valence-electron chi connectivity index (χ3n) is 3.03. The van der Waals surface area contributed by atoms with Crippen molar-refractivity contribution in [2.24, 2.45) is 5.84 Å². The van der Waals surface area contributed by atoms with Gasteiger partial charge in [-0.15, -0.1) is 11.3 Å². The van der Waals surface area contributed by atoms with Gasteiger partial charge >= 0.3 is 0 Å². The maximum Gasteiger partial charge on any atom is 0.0814 e. The van der Waals surface area contributed by atoms with Crippen LogP contribution in [-0.2, 0) is 0 Å². The third kappa shape index (κ3) is 2.42. The van der Waals surface area contributed by atoms with Gasteiger partial charge in [0.15, 0.2) is 0 Å². The maximum atomic E-state index is 5.73. The molecular weight excluding hydrogens is 322 g/mol. The molecule has 0 saturated heterocycles. The Kier molecular flexibility index (Phi) is 3.61. The lowest BCUT2D eigenvalue weighted by Crippen LogP contribution is -2.28. The summed E-state index contributed by atoms with van der Waals surface area (Å²) < 4.78 is 1.08. The van der Waals surface area contributed by atoms with Crippen molar-refractivity contribution in [3.05, 3.63) is 62.9 Å². The van der Waals surface area contributed by atoms with Crippen LogP contribution in [0.4, 0.5) is 0 Å². The normalized spacial score (nSPS) is 12.7. The average Bonchev–Trinajstić information content (AvgIpc) is 2.86. The number of nitrogens with one attached hydrogen (secondary N) is 1. The Hall–Kier alpha value is -1.27. The van der Waals surface area contributed by atoms with Crippen molar-refractivity contribution in [1.29, 1.82) is 0 Å². The van der Waals surface area contributed by atoms with Crippen LogP contribution < -0.4 is 11.3 Å². The highest BCUT2D eigenvalue weighted by atomic mass is 79.9. The van der Waals surface area contributed by atoms with Gasteiger partial charge in [-0.25, -0.2) is 5.43 Å². The molecule has 0 saturated carbocycles. The molecule has 5 heteroatoms. The topological polar surface area (TPSA) is 50.9 Å². The van der Waals surface area contributed by atoms with E-state index in [1.165, 1.54) is 4.88 Å². The van der Waals surface area contributed by atoms with E-state index in [9.17, 15) is 0 Å². The second-order valence-corrected chi connectivity index (χ2v) is 5.99. The van der Waals surface area contributed by atoms with Crippen molar-refractivity contribution in [1.82, 2.24) is 10.4 Å². The summed E-state index contributed by atoms with van der Waals surface area (Å²) in [5, 5.41) is 3.17. The summed E-state index contributed by atoms with van der Waals surface area (Å²) in [4.78, 5) is 5.50. The molecule has 0 fully saturated rings. The second kappa shape index (κ2) is 5.38. The molecule has 3 aromatic rings. The van der Waals surface area contributed by atoms with Crippen LogP contribution in [0.1, 0.15) is 16.5 Å². The summed E-state index contributed by atoms with van der Waals surface area (Å²) in [6.45, 7) is 0. The molecular formula is C14H12BrN3S. The number of pyridine rings is 1. The highest BCUT2D eigenvalue weighted by Crippen LogP contribution is 2.33. The number of benzene rings is 1. The number of hydrogen-bond donors (Lipinski definition) is 2. The minimum atomic E-state index is -0.0148. The van der Waals surface area contributed by atoms with E-state index in [4.69, 9.17) is 5.84 Å². The van der Waals surface area contributed by atoms with Crippen molar-refractivity contribution in [2.75, 3.05) is 0 Å². The molecule has 19 heavy (non-hydrogen) atoms. The zero-order valence-electron chi connectivity index (χ0n) is 10.0. The Morgan fingerprint density at radius 2 is 2.16 bits per heavy atom. The van der Waals surface area contributed by atoms with Crippen LogP contribution in [0.3, 0.4) is 0 Å². The first-order valence-corrected chi connectivity index (χ1v) is 7.50. The number of fused-ring (bicyclic) bond motifs is 1. The van der Waals surface area contributed by atoms with Crippen LogP contribution in [0.5, 0.6) is 0 Å². The largest absolute Gasteiger partial charge is 0.271 e. The minimum absolute atomic E-state index is 0.0148. The van der Waals surface area contributed by atoms with E-state index in [-0.39, 0.29) is 6.04 Å². The fourth-order valence-electron chi connectivity index (χ4n) is 2.11. The van der Waals surface area contributed by atoms with Crippen molar-refractivity contribution in [3.63, 3.8) is 0 Å². The van der Waals surface area contributed by atoms with Crippen LogP contribution in [0.15, 0.2) is 52.4 Å². The summed E-state index contributed by atoms with van der Waals surface area (Å²) in [7, 11) is 0. The molecule has 0 aliphatic rings. The number of halogens is 1. The predicted molar refractivity (Wildman–Crippen MR) is 82.9 cm³/mol. The van der Waals surface area contributed by atoms with E-state index < -0.39 is 0 Å². The Morgan fingerprint density at radius 3 is 2.89 bits per heavy atom. The second-order valence-electron chi connectivity index (χ2n) is 4.19. The SMILES string of the molecule is NNC(c1ccc2ncccc2c1)c1sccc1Br. The average molecular weight is 334 g/mol. The molecule has 3 N–H and O–H groups in total.